The van der Waals surface area contributed by atoms with Crippen LogP contribution in [0.25, 0.3) is 0 Å². The summed E-state index contributed by atoms with van der Waals surface area (Å²) in [5.41, 5.74) is 10.4. The third-order valence-electron chi connectivity index (χ3n) is 3.19. The highest BCUT2D eigenvalue weighted by atomic mass is 14.9. The minimum atomic E-state index is 0.261. The fourth-order valence-electron chi connectivity index (χ4n) is 2.01. The van der Waals surface area contributed by atoms with Gasteiger partial charge in [-0.1, -0.05) is 29.8 Å². The zero-order valence-electron chi connectivity index (χ0n) is 10.9. The number of anilines is 1. The van der Waals surface area contributed by atoms with Crippen molar-refractivity contribution in [2.45, 2.75) is 19.4 Å². The van der Waals surface area contributed by atoms with Crippen LogP contribution in [0, 0.1) is 6.92 Å². The van der Waals surface area contributed by atoms with Crippen LogP contribution in [0.4, 0.5) is 5.69 Å². The number of hydrogen-bond donors (Lipinski definition) is 2. The monoisotopic (exact) mass is 241 g/mol. The number of nitrogen functional groups attached to an aromatic ring is 1. The third kappa shape index (κ3) is 2.87. The highest BCUT2D eigenvalue weighted by Crippen LogP contribution is 2.21. The normalized spacial score (nSPS) is 12.3. The van der Waals surface area contributed by atoms with Crippen molar-refractivity contribution in [1.82, 2.24) is 10.3 Å². The highest BCUT2D eigenvalue weighted by Gasteiger charge is 2.11. The summed E-state index contributed by atoms with van der Waals surface area (Å²) in [6.07, 6.45) is 4.41. The summed E-state index contributed by atoms with van der Waals surface area (Å²) in [5.74, 6) is 0. The number of rotatable bonds is 4. The van der Waals surface area contributed by atoms with E-state index >= 15 is 0 Å². The number of likely N-dealkylation sites (N-methyl/N-ethyl adjacent to an activating group) is 1. The van der Waals surface area contributed by atoms with Gasteiger partial charge in [0.1, 0.15) is 0 Å². The maximum atomic E-state index is 5.96. The first kappa shape index (κ1) is 12.6. The van der Waals surface area contributed by atoms with E-state index in [1.54, 1.807) is 6.20 Å². The molecule has 3 N–H and O–H groups in total. The van der Waals surface area contributed by atoms with Crippen LogP contribution in [0.1, 0.15) is 22.7 Å². The van der Waals surface area contributed by atoms with Crippen LogP contribution in [-0.4, -0.2) is 12.0 Å². The summed E-state index contributed by atoms with van der Waals surface area (Å²) in [5, 5.41) is 3.33. The summed E-state index contributed by atoms with van der Waals surface area (Å²) in [6, 6.07) is 10.7. The first-order valence-corrected chi connectivity index (χ1v) is 6.13. The van der Waals surface area contributed by atoms with Crippen molar-refractivity contribution in [2.75, 3.05) is 12.8 Å². The van der Waals surface area contributed by atoms with Crippen molar-refractivity contribution < 1.29 is 0 Å². The molecule has 0 aliphatic rings. The van der Waals surface area contributed by atoms with Crippen LogP contribution >= 0.6 is 0 Å². The average molecular weight is 241 g/mol. The van der Waals surface area contributed by atoms with Gasteiger partial charge in [0.05, 0.1) is 0 Å². The van der Waals surface area contributed by atoms with E-state index in [1.807, 2.05) is 19.3 Å². The van der Waals surface area contributed by atoms with Gasteiger partial charge in [-0.2, -0.15) is 0 Å². The number of aryl methyl sites for hydroxylation is 1. The van der Waals surface area contributed by atoms with E-state index in [1.165, 1.54) is 11.1 Å². The number of nitrogens with zero attached hydrogens (tertiary/aromatic N) is 1. The summed E-state index contributed by atoms with van der Waals surface area (Å²) >= 11 is 0. The van der Waals surface area contributed by atoms with E-state index in [-0.39, 0.29) is 6.04 Å². The van der Waals surface area contributed by atoms with Gasteiger partial charge >= 0.3 is 0 Å². The number of aromatic nitrogens is 1. The fourth-order valence-corrected chi connectivity index (χ4v) is 2.01. The molecule has 1 unspecified atom stereocenters. The Morgan fingerprint density at radius 2 is 1.94 bits per heavy atom. The van der Waals surface area contributed by atoms with Crippen LogP contribution in [0.3, 0.4) is 0 Å². The van der Waals surface area contributed by atoms with E-state index in [4.69, 9.17) is 5.73 Å². The second kappa shape index (κ2) is 5.65. The number of benzene rings is 1. The second-order valence-corrected chi connectivity index (χ2v) is 4.53. The molecule has 2 aromatic rings. The van der Waals surface area contributed by atoms with E-state index in [2.05, 4.69) is 41.5 Å². The number of nitrogens with one attached hydrogen (secondary N) is 1. The van der Waals surface area contributed by atoms with Crippen LogP contribution in [-0.2, 0) is 6.42 Å². The molecule has 0 saturated heterocycles. The van der Waals surface area contributed by atoms with E-state index < -0.39 is 0 Å². The van der Waals surface area contributed by atoms with Crippen molar-refractivity contribution in [3.05, 3.63) is 59.4 Å². The minimum absolute atomic E-state index is 0.261. The van der Waals surface area contributed by atoms with Crippen LogP contribution in [0.15, 0.2) is 42.7 Å². The lowest BCUT2D eigenvalue weighted by Gasteiger charge is -2.17. The van der Waals surface area contributed by atoms with Crippen molar-refractivity contribution in [3.63, 3.8) is 0 Å². The SMILES string of the molecule is CNC(Cc1cnccc1N)c1ccc(C)cc1. The lowest BCUT2D eigenvalue weighted by atomic mass is 9.98. The minimum Gasteiger partial charge on any atom is -0.398 e. The molecule has 0 aliphatic heterocycles. The highest BCUT2D eigenvalue weighted by molar-refractivity contribution is 5.45. The topological polar surface area (TPSA) is 50.9 Å². The van der Waals surface area contributed by atoms with Crippen molar-refractivity contribution >= 4 is 5.69 Å². The van der Waals surface area contributed by atoms with Crippen molar-refractivity contribution in [3.8, 4) is 0 Å². The average Bonchev–Trinajstić information content (AvgIpc) is 2.39. The second-order valence-electron chi connectivity index (χ2n) is 4.53. The molecular formula is C15H19N3. The molecule has 0 amide bonds. The first-order valence-electron chi connectivity index (χ1n) is 6.13. The zero-order chi connectivity index (χ0) is 13.0. The molecule has 94 valence electrons. The lowest BCUT2D eigenvalue weighted by Crippen LogP contribution is -2.19. The Hall–Kier alpha value is -1.87. The number of pyridine rings is 1. The van der Waals surface area contributed by atoms with Crippen LogP contribution in [0.2, 0.25) is 0 Å². The molecule has 2 rings (SSSR count). The maximum Gasteiger partial charge on any atom is 0.0378 e. The third-order valence-corrected chi connectivity index (χ3v) is 3.19. The summed E-state index contributed by atoms with van der Waals surface area (Å²) in [6.45, 7) is 2.09. The Balaban J connectivity index is 2.20. The molecule has 0 spiro atoms. The lowest BCUT2D eigenvalue weighted by molar-refractivity contribution is 0.592. The van der Waals surface area contributed by atoms with Gasteiger partial charge in [0.25, 0.3) is 0 Å². The standard InChI is InChI=1S/C15H19N3/c1-11-3-5-12(6-4-11)15(17-2)9-13-10-18-8-7-14(13)16/h3-8,10,15,17H,9H2,1-2H3,(H2,16,18). The Bertz CT molecular complexity index is 505. The molecule has 1 heterocycles. The molecule has 0 fully saturated rings. The predicted octanol–water partition coefficient (Wildman–Crippen LogP) is 2.48. The summed E-state index contributed by atoms with van der Waals surface area (Å²) in [7, 11) is 1.97. The molecular weight excluding hydrogens is 222 g/mol. The first-order chi connectivity index (χ1) is 8.70. The van der Waals surface area contributed by atoms with Gasteiger partial charge in [-0.05, 0) is 37.6 Å². The Kier molecular flexibility index (Phi) is 3.95. The zero-order valence-corrected chi connectivity index (χ0v) is 10.9. The molecule has 1 atom stereocenters. The Morgan fingerprint density at radius 1 is 1.22 bits per heavy atom. The van der Waals surface area contributed by atoms with Crippen molar-refractivity contribution in [1.29, 1.82) is 0 Å². The van der Waals surface area contributed by atoms with Gasteiger partial charge in [-0.15, -0.1) is 0 Å². The number of hydrogen-bond acceptors (Lipinski definition) is 3. The summed E-state index contributed by atoms with van der Waals surface area (Å²) < 4.78 is 0. The van der Waals surface area contributed by atoms with E-state index in [0.29, 0.717) is 0 Å². The van der Waals surface area contributed by atoms with Gasteiger partial charge in [0, 0.05) is 24.1 Å². The summed E-state index contributed by atoms with van der Waals surface area (Å²) in [4.78, 5) is 4.13. The largest absolute Gasteiger partial charge is 0.398 e. The molecule has 0 radical (unpaired) electrons. The van der Waals surface area contributed by atoms with E-state index in [0.717, 1.165) is 17.7 Å². The van der Waals surface area contributed by atoms with Gasteiger partial charge in [-0.3, -0.25) is 4.98 Å². The quantitative estimate of drug-likeness (QED) is 0.864. The van der Waals surface area contributed by atoms with Gasteiger partial charge in [0.15, 0.2) is 0 Å². The van der Waals surface area contributed by atoms with Crippen molar-refractivity contribution in [2.24, 2.45) is 0 Å². The van der Waals surface area contributed by atoms with Gasteiger partial charge < -0.3 is 11.1 Å². The maximum absolute atomic E-state index is 5.96. The predicted molar refractivity (Wildman–Crippen MR) is 75.3 cm³/mol. The number of nitrogens with two attached hydrogens (primary N) is 1. The van der Waals surface area contributed by atoms with Gasteiger partial charge in [-0.25, -0.2) is 0 Å². The smallest absolute Gasteiger partial charge is 0.0378 e. The molecule has 1 aromatic heterocycles. The fraction of sp³-hybridized carbons (Fsp3) is 0.267. The molecule has 3 nitrogen and oxygen atoms in total. The van der Waals surface area contributed by atoms with E-state index in [9.17, 15) is 0 Å². The van der Waals surface area contributed by atoms with Crippen LogP contribution in [0.5, 0.6) is 0 Å². The van der Waals surface area contributed by atoms with Crippen LogP contribution < -0.4 is 11.1 Å². The molecule has 3 heteroatoms. The Labute approximate surface area is 108 Å². The molecule has 0 bridgehead atoms. The Morgan fingerprint density at radius 3 is 2.56 bits per heavy atom. The molecule has 0 aliphatic carbocycles. The molecule has 0 saturated carbocycles. The molecule has 18 heavy (non-hydrogen) atoms. The van der Waals surface area contributed by atoms with Gasteiger partial charge in [0.2, 0.25) is 0 Å². The molecule has 1 aromatic carbocycles.